The fraction of sp³-hybridized carbons (Fsp3) is 0.367. The number of likely N-dealkylation sites (tertiary alicyclic amines) is 1. The van der Waals surface area contributed by atoms with Gasteiger partial charge in [0.15, 0.2) is 5.78 Å². The van der Waals surface area contributed by atoms with Crippen LogP contribution in [0.2, 0.25) is 0 Å². The van der Waals surface area contributed by atoms with E-state index in [0.717, 1.165) is 28.8 Å². The lowest BCUT2D eigenvalue weighted by Gasteiger charge is -2.27. The minimum atomic E-state index is -4.66. The third-order valence-corrected chi connectivity index (χ3v) is 8.28. The number of ketones is 1. The van der Waals surface area contributed by atoms with Crippen molar-refractivity contribution in [1.29, 1.82) is 0 Å². The molecule has 10 nitrogen and oxygen atoms in total. The smallest absolute Gasteiger partial charge is 0.325 e. The molecule has 2 fully saturated rings. The number of anilines is 1. The highest BCUT2D eigenvalue weighted by Crippen LogP contribution is 2.59. The molecule has 2 amide bonds. The van der Waals surface area contributed by atoms with Crippen LogP contribution in [0.4, 0.5) is 19.0 Å². The molecule has 1 unspecified atom stereocenters. The average molecular weight is 592 g/mol. The van der Waals surface area contributed by atoms with Gasteiger partial charge < -0.3 is 10.2 Å². The Morgan fingerprint density at radius 2 is 1.79 bits per heavy atom. The van der Waals surface area contributed by atoms with Gasteiger partial charge in [0.25, 0.3) is 0 Å². The van der Waals surface area contributed by atoms with Crippen molar-refractivity contribution in [2.45, 2.75) is 65.3 Å². The lowest BCUT2D eigenvalue weighted by Crippen LogP contribution is -2.46. The second-order valence-corrected chi connectivity index (χ2v) is 11.6. The van der Waals surface area contributed by atoms with Crippen molar-refractivity contribution in [3.63, 3.8) is 0 Å². The van der Waals surface area contributed by atoms with Crippen LogP contribution in [0.15, 0.2) is 42.7 Å². The summed E-state index contributed by atoms with van der Waals surface area (Å²) in [6, 6.07) is 5.92. The van der Waals surface area contributed by atoms with E-state index in [-0.39, 0.29) is 41.2 Å². The maximum absolute atomic E-state index is 13.8. The summed E-state index contributed by atoms with van der Waals surface area (Å²) in [6.45, 7) is 6.80. The van der Waals surface area contributed by atoms with Crippen molar-refractivity contribution in [2.24, 2.45) is 5.41 Å². The van der Waals surface area contributed by atoms with Crippen LogP contribution >= 0.6 is 0 Å². The molecule has 3 atom stereocenters. The number of piperidine rings is 1. The summed E-state index contributed by atoms with van der Waals surface area (Å²) in [6.07, 6.45) is -0.185. The Labute approximate surface area is 244 Å². The van der Waals surface area contributed by atoms with Crippen LogP contribution < -0.4 is 5.32 Å². The highest BCUT2D eigenvalue weighted by atomic mass is 19.4. The van der Waals surface area contributed by atoms with Crippen LogP contribution in [0.25, 0.3) is 22.0 Å². The van der Waals surface area contributed by atoms with Gasteiger partial charge in [0.2, 0.25) is 11.8 Å². The molecule has 1 saturated heterocycles. The number of aryl methyl sites for hydroxylation is 2. The molecule has 0 radical (unpaired) electrons. The molecular formula is C30H28F3N7O3. The second-order valence-electron chi connectivity index (χ2n) is 11.6. The van der Waals surface area contributed by atoms with E-state index in [4.69, 9.17) is 0 Å². The number of nitrogens with zero attached hydrogens (tertiary/aromatic N) is 6. The van der Waals surface area contributed by atoms with Gasteiger partial charge in [-0.25, -0.2) is 15.0 Å². The molecule has 1 N–H and O–H groups in total. The number of benzene rings is 1. The van der Waals surface area contributed by atoms with E-state index in [1.807, 2.05) is 26.0 Å². The number of alkyl halides is 3. The van der Waals surface area contributed by atoms with Crippen LogP contribution in [0.1, 0.15) is 54.3 Å². The van der Waals surface area contributed by atoms with Crippen molar-refractivity contribution in [3.8, 4) is 11.1 Å². The Kier molecular flexibility index (Phi) is 6.58. The number of pyridine rings is 1. The zero-order chi connectivity index (χ0) is 30.8. The minimum absolute atomic E-state index is 0.187. The Hall–Kier alpha value is -4.68. The molecular weight excluding hydrogens is 563 g/mol. The molecule has 4 aromatic rings. The summed E-state index contributed by atoms with van der Waals surface area (Å²) < 4.78 is 40.9. The molecule has 1 aromatic carbocycles. The number of aromatic nitrogens is 5. The third-order valence-electron chi connectivity index (χ3n) is 8.28. The number of amides is 2. The van der Waals surface area contributed by atoms with Crippen molar-refractivity contribution >= 4 is 34.3 Å². The van der Waals surface area contributed by atoms with Crippen LogP contribution in [0.3, 0.4) is 0 Å². The summed E-state index contributed by atoms with van der Waals surface area (Å²) in [5, 5.41) is 7.55. The van der Waals surface area contributed by atoms with E-state index in [0.29, 0.717) is 29.6 Å². The van der Waals surface area contributed by atoms with E-state index in [9.17, 15) is 27.6 Å². The van der Waals surface area contributed by atoms with Crippen LogP contribution in [-0.2, 0) is 22.3 Å². The molecule has 1 aliphatic heterocycles. The van der Waals surface area contributed by atoms with Gasteiger partial charge in [-0.15, -0.1) is 0 Å². The molecule has 43 heavy (non-hydrogen) atoms. The molecule has 0 spiro atoms. The molecule has 4 heterocycles. The zero-order valence-electron chi connectivity index (χ0n) is 23.9. The van der Waals surface area contributed by atoms with Gasteiger partial charge in [-0.2, -0.15) is 18.3 Å². The summed E-state index contributed by atoms with van der Waals surface area (Å²) in [7, 11) is 0. The molecule has 6 rings (SSSR count). The molecule has 1 saturated carbocycles. The first-order valence-electron chi connectivity index (χ1n) is 13.7. The van der Waals surface area contributed by atoms with Crippen LogP contribution in [-0.4, -0.2) is 59.3 Å². The lowest BCUT2D eigenvalue weighted by molar-refractivity contribution is -0.141. The van der Waals surface area contributed by atoms with Gasteiger partial charge in [0.1, 0.15) is 35.6 Å². The number of hydrogen-bond acceptors (Lipinski definition) is 7. The summed E-state index contributed by atoms with van der Waals surface area (Å²) in [5.41, 5.74) is 1.78. The maximum atomic E-state index is 13.8. The topological polar surface area (TPSA) is 123 Å². The maximum Gasteiger partial charge on any atom is 0.433 e. The number of carbonyl (C=O) groups excluding carboxylic acids is 3. The first kappa shape index (κ1) is 28.4. The van der Waals surface area contributed by atoms with Gasteiger partial charge >= 0.3 is 6.18 Å². The second kappa shape index (κ2) is 9.96. The average Bonchev–Trinajstić information content (AvgIpc) is 3.29. The number of fused-ring (bicyclic) bond motifs is 2. The monoisotopic (exact) mass is 591 g/mol. The Morgan fingerprint density at radius 3 is 2.47 bits per heavy atom. The van der Waals surface area contributed by atoms with E-state index >= 15 is 0 Å². The van der Waals surface area contributed by atoms with E-state index in [1.165, 1.54) is 22.6 Å². The van der Waals surface area contributed by atoms with E-state index in [2.05, 4.69) is 25.4 Å². The van der Waals surface area contributed by atoms with Crippen LogP contribution in [0.5, 0.6) is 0 Å². The highest BCUT2D eigenvalue weighted by Gasteiger charge is 2.64. The van der Waals surface area contributed by atoms with Gasteiger partial charge in [-0.1, -0.05) is 13.0 Å². The van der Waals surface area contributed by atoms with Gasteiger partial charge in [-0.3, -0.25) is 19.1 Å². The van der Waals surface area contributed by atoms with Crippen LogP contribution in [0, 0.1) is 19.3 Å². The number of hydrogen-bond donors (Lipinski definition) is 1. The van der Waals surface area contributed by atoms with Gasteiger partial charge in [0.05, 0.1) is 5.52 Å². The molecule has 13 heteroatoms. The summed E-state index contributed by atoms with van der Waals surface area (Å²) in [4.78, 5) is 53.3. The van der Waals surface area contributed by atoms with Crippen molar-refractivity contribution < 1.29 is 27.6 Å². The lowest BCUT2D eigenvalue weighted by atomic mass is 10.0. The third kappa shape index (κ3) is 5.12. The fourth-order valence-electron chi connectivity index (χ4n) is 6.05. The Balaban J connectivity index is 1.29. The Morgan fingerprint density at radius 1 is 1.07 bits per heavy atom. The van der Waals surface area contributed by atoms with Crippen molar-refractivity contribution in [3.05, 3.63) is 65.5 Å². The number of Topliss-reactive ketones (excluding diaryl/α,β-unsaturated/α-hetero) is 1. The molecule has 2 aliphatic rings. The largest absolute Gasteiger partial charge is 0.433 e. The number of carbonyl (C=O) groups is 3. The SMILES string of the molecule is CC(=O)c1nn(CC(=O)N2C3C[C@]3(C)C[C@H]2C(=O)Nc2cccc(C(F)(F)F)n2)c2c(C)cc(-c3cnc(C)nc3)cc12. The molecule has 1 aliphatic carbocycles. The Bertz CT molecular complexity index is 1800. The fourth-order valence-corrected chi connectivity index (χ4v) is 6.05. The normalized spacial score (nSPS) is 21.1. The number of nitrogens with one attached hydrogen (secondary N) is 1. The van der Waals surface area contributed by atoms with E-state index in [1.54, 1.807) is 19.3 Å². The zero-order valence-corrected chi connectivity index (χ0v) is 23.9. The predicted octanol–water partition coefficient (Wildman–Crippen LogP) is 4.74. The van der Waals surface area contributed by atoms with Gasteiger partial charge in [-0.05, 0) is 67.5 Å². The number of halogens is 3. The van der Waals surface area contributed by atoms with Crippen molar-refractivity contribution in [2.75, 3.05) is 5.32 Å². The van der Waals surface area contributed by atoms with E-state index < -0.39 is 23.8 Å². The first-order valence-corrected chi connectivity index (χ1v) is 13.7. The molecule has 0 bridgehead atoms. The predicted molar refractivity (Wildman–Crippen MR) is 150 cm³/mol. The summed E-state index contributed by atoms with van der Waals surface area (Å²) >= 11 is 0. The number of rotatable bonds is 6. The standard InChI is InChI=1S/C30H28F3N7O3/c1-15-8-18(19-12-34-17(3)35-13-19)9-20-26(16(2)41)38-39(27(15)20)14-25(42)40-21(10-29(4)11-23(29)40)28(43)37-24-7-5-6-22(36-24)30(31,32)33/h5-9,12-13,21,23H,10-11,14H2,1-4H3,(H,36,37,43)/t21-,23?,29-/m0/s1. The molecule has 3 aromatic heterocycles. The summed E-state index contributed by atoms with van der Waals surface area (Å²) in [5.74, 6) is -0.867. The van der Waals surface area contributed by atoms with Crippen molar-refractivity contribution in [1.82, 2.24) is 29.6 Å². The quantitative estimate of drug-likeness (QED) is 0.321. The van der Waals surface area contributed by atoms with Gasteiger partial charge in [0, 0.05) is 36.3 Å². The highest BCUT2D eigenvalue weighted by molar-refractivity contribution is 6.07. The molecule has 222 valence electrons. The minimum Gasteiger partial charge on any atom is -0.325 e. The first-order chi connectivity index (χ1) is 20.2.